The van der Waals surface area contributed by atoms with E-state index < -0.39 is 0 Å². The molecule has 2 heterocycles. The summed E-state index contributed by atoms with van der Waals surface area (Å²) in [5.41, 5.74) is 5.31. The Morgan fingerprint density at radius 1 is 1.13 bits per heavy atom. The second-order valence-corrected chi connectivity index (χ2v) is 8.31. The van der Waals surface area contributed by atoms with Crippen LogP contribution in [0.2, 0.25) is 0 Å². The highest BCUT2D eigenvalue weighted by Crippen LogP contribution is 2.31. The van der Waals surface area contributed by atoms with Crippen LogP contribution in [-0.2, 0) is 18.4 Å². The summed E-state index contributed by atoms with van der Waals surface area (Å²) < 4.78 is 4.17. The number of aromatic nitrogens is 4. The smallest absolute Gasteiger partial charge is 0.234 e. The second kappa shape index (κ2) is 8.36. The lowest BCUT2D eigenvalue weighted by Crippen LogP contribution is -2.15. The molecule has 0 fully saturated rings. The van der Waals surface area contributed by atoms with Crippen LogP contribution in [0.3, 0.4) is 0 Å². The first-order chi connectivity index (χ1) is 14.5. The minimum atomic E-state index is -0.0564. The molecule has 1 N–H and O–H groups in total. The Morgan fingerprint density at radius 2 is 1.93 bits per heavy atom. The molecule has 0 spiro atoms. The van der Waals surface area contributed by atoms with Crippen molar-refractivity contribution in [2.75, 3.05) is 11.1 Å². The Kier molecular flexibility index (Phi) is 5.63. The number of rotatable bonds is 6. The first-order valence-corrected chi connectivity index (χ1v) is 10.9. The van der Waals surface area contributed by atoms with Crippen LogP contribution in [0, 0.1) is 13.8 Å². The van der Waals surface area contributed by atoms with Crippen LogP contribution in [-0.4, -0.2) is 31.0 Å². The van der Waals surface area contributed by atoms with Gasteiger partial charge in [-0.3, -0.25) is 4.79 Å². The van der Waals surface area contributed by atoms with Crippen molar-refractivity contribution in [3.8, 4) is 11.4 Å². The summed E-state index contributed by atoms with van der Waals surface area (Å²) in [6, 6.07) is 14.3. The minimum Gasteiger partial charge on any atom is -0.347 e. The van der Waals surface area contributed by atoms with Crippen LogP contribution in [0.5, 0.6) is 0 Å². The Hall–Kier alpha value is -3.06. The van der Waals surface area contributed by atoms with Crippen molar-refractivity contribution in [1.82, 2.24) is 19.3 Å². The van der Waals surface area contributed by atoms with E-state index in [1.165, 1.54) is 22.8 Å². The van der Waals surface area contributed by atoms with Crippen LogP contribution in [0.15, 0.2) is 53.8 Å². The Bertz CT molecular complexity index is 1220. The predicted molar refractivity (Wildman–Crippen MR) is 123 cm³/mol. The van der Waals surface area contributed by atoms with Gasteiger partial charge in [-0.1, -0.05) is 47.7 Å². The van der Waals surface area contributed by atoms with E-state index in [1.54, 1.807) is 0 Å². The van der Waals surface area contributed by atoms with Gasteiger partial charge in [0.15, 0.2) is 11.0 Å². The van der Waals surface area contributed by atoms with Crippen molar-refractivity contribution in [2.45, 2.75) is 32.5 Å². The van der Waals surface area contributed by atoms with E-state index >= 15 is 0 Å². The molecule has 1 amide bonds. The number of carbonyl (C=O) groups is 1. The number of fused-ring (bicyclic) bond motifs is 1. The zero-order valence-electron chi connectivity index (χ0n) is 17.6. The second-order valence-electron chi connectivity index (χ2n) is 7.37. The molecule has 0 unspecified atom stereocenters. The summed E-state index contributed by atoms with van der Waals surface area (Å²) >= 11 is 1.39. The maximum absolute atomic E-state index is 12.4. The molecule has 154 valence electrons. The number of hydrogen-bond acceptors (Lipinski definition) is 4. The molecule has 4 aromatic rings. The zero-order valence-corrected chi connectivity index (χ0v) is 18.5. The first kappa shape index (κ1) is 20.2. The highest BCUT2D eigenvalue weighted by molar-refractivity contribution is 7.99. The van der Waals surface area contributed by atoms with Crippen LogP contribution < -0.4 is 5.32 Å². The molecule has 0 atom stereocenters. The topological polar surface area (TPSA) is 64.7 Å². The Labute approximate surface area is 180 Å². The quantitative estimate of drug-likeness (QED) is 0.456. The molecule has 30 heavy (non-hydrogen) atoms. The molecule has 7 heteroatoms. The molecule has 0 radical (unpaired) electrons. The number of nitrogens with zero attached hydrogens (tertiary/aromatic N) is 4. The highest BCUT2D eigenvalue weighted by atomic mass is 32.2. The summed E-state index contributed by atoms with van der Waals surface area (Å²) in [4.78, 5) is 12.4. The lowest BCUT2D eigenvalue weighted by molar-refractivity contribution is -0.113. The van der Waals surface area contributed by atoms with Crippen molar-refractivity contribution >= 4 is 34.3 Å². The van der Waals surface area contributed by atoms with Gasteiger partial charge in [0, 0.05) is 41.9 Å². The number of anilines is 1. The lowest BCUT2D eigenvalue weighted by Gasteiger charge is -2.09. The van der Waals surface area contributed by atoms with Crippen LogP contribution in [0.25, 0.3) is 22.3 Å². The summed E-state index contributed by atoms with van der Waals surface area (Å²) in [5.74, 6) is 1.02. The van der Waals surface area contributed by atoms with Gasteiger partial charge in [-0.2, -0.15) is 0 Å². The van der Waals surface area contributed by atoms with Crippen molar-refractivity contribution in [3.63, 3.8) is 0 Å². The van der Waals surface area contributed by atoms with E-state index in [4.69, 9.17) is 0 Å². The summed E-state index contributed by atoms with van der Waals surface area (Å²) in [7, 11) is 1.94. The van der Waals surface area contributed by atoms with Crippen molar-refractivity contribution in [3.05, 3.63) is 59.8 Å². The fraction of sp³-hybridized carbons (Fsp3) is 0.261. The maximum atomic E-state index is 12.4. The molecule has 0 saturated heterocycles. The largest absolute Gasteiger partial charge is 0.347 e. The molecule has 6 nitrogen and oxygen atoms in total. The molecule has 2 aromatic heterocycles. The molecule has 0 bridgehead atoms. The average molecular weight is 420 g/mol. The van der Waals surface area contributed by atoms with E-state index in [-0.39, 0.29) is 11.7 Å². The number of aryl methyl sites for hydroxylation is 3. The zero-order chi connectivity index (χ0) is 21.3. The Balaban J connectivity index is 1.51. The molecule has 4 rings (SSSR count). The number of nitrogens with one attached hydrogen (secondary N) is 1. The predicted octanol–water partition coefficient (Wildman–Crippen LogP) is 4.80. The fourth-order valence-corrected chi connectivity index (χ4v) is 4.34. The van der Waals surface area contributed by atoms with Gasteiger partial charge in [0.2, 0.25) is 5.91 Å². The average Bonchev–Trinajstić information content (AvgIpc) is 3.28. The van der Waals surface area contributed by atoms with Gasteiger partial charge < -0.3 is 14.5 Å². The number of para-hydroxylation sites is 1. The molecular weight excluding hydrogens is 394 g/mol. The lowest BCUT2D eigenvalue weighted by atomic mass is 10.1. The van der Waals surface area contributed by atoms with Crippen molar-refractivity contribution < 1.29 is 4.79 Å². The summed E-state index contributed by atoms with van der Waals surface area (Å²) in [5, 5.41) is 13.6. The van der Waals surface area contributed by atoms with E-state index in [1.807, 2.05) is 49.7 Å². The normalized spacial score (nSPS) is 11.2. The Morgan fingerprint density at radius 3 is 2.70 bits per heavy atom. The number of amides is 1. The van der Waals surface area contributed by atoms with Crippen LogP contribution in [0.1, 0.15) is 18.1 Å². The molecule has 0 aliphatic heterocycles. The third-order valence-corrected chi connectivity index (χ3v) is 6.21. The number of carbonyl (C=O) groups excluding carboxylic acids is 1. The number of benzene rings is 2. The van der Waals surface area contributed by atoms with E-state index in [0.717, 1.165) is 34.6 Å². The molecule has 0 aliphatic rings. The minimum absolute atomic E-state index is 0.0564. The van der Waals surface area contributed by atoms with Gasteiger partial charge in [-0.15, -0.1) is 10.2 Å². The van der Waals surface area contributed by atoms with Crippen LogP contribution >= 0.6 is 11.8 Å². The standard InChI is InChI=1S/C23H25N5OS/c1-5-28-13-18(17-8-6-7-9-20(17)28)22-25-26-23(27(22)4)30-14-21(29)24-19-11-10-15(2)12-16(19)3/h6-13H,5,14H2,1-4H3,(H,24,29). The fourth-order valence-electron chi connectivity index (χ4n) is 3.63. The van der Waals surface area contributed by atoms with E-state index in [2.05, 4.69) is 51.4 Å². The first-order valence-electron chi connectivity index (χ1n) is 9.95. The maximum Gasteiger partial charge on any atom is 0.234 e. The van der Waals surface area contributed by atoms with Crippen LogP contribution in [0.4, 0.5) is 5.69 Å². The SMILES string of the molecule is CCn1cc(-c2nnc(SCC(=O)Nc3ccc(C)cc3C)n2C)c2ccccc21. The highest BCUT2D eigenvalue weighted by Gasteiger charge is 2.17. The third-order valence-electron chi connectivity index (χ3n) is 5.19. The van der Waals surface area contributed by atoms with Gasteiger partial charge in [-0.05, 0) is 38.5 Å². The van der Waals surface area contributed by atoms with Crippen molar-refractivity contribution in [1.29, 1.82) is 0 Å². The molecule has 2 aromatic carbocycles. The van der Waals surface area contributed by atoms with Crippen molar-refractivity contribution in [2.24, 2.45) is 7.05 Å². The monoisotopic (exact) mass is 419 g/mol. The third kappa shape index (κ3) is 3.85. The summed E-state index contributed by atoms with van der Waals surface area (Å²) in [6.45, 7) is 7.05. The van der Waals surface area contributed by atoms with Gasteiger partial charge in [0.1, 0.15) is 0 Å². The van der Waals surface area contributed by atoms with E-state index in [9.17, 15) is 4.79 Å². The number of thioether (sulfide) groups is 1. The molecule has 0 saturated carbocycles. The van der Waals surface area contributed by atoms with Gasteiger partial charge in [-0.25, -0.2) is 0 Å². The molecule has 0 aliphatic carbocycles. The van der Waals surface area contributed by atoms with E-state index in [0.29, 0.717) is 5.16 Å². The molecular formula is C23H25N5OS. The van der Waals surface area contributed by atoms with Gasteiger partial charge in [0.25, 0.3) is 0 Å². The van der Waals surface area contributed by atoms with Gasteiger partial charge in [0.05, 0.1) is 5.75 Å². The summed E-state index contributed by atoms with van der Waals surface area (Å²) in [6.07, 6.45) is 2.12. The van der Waals surface area contributed by atoms with Gasteiger partial charge >= 0.3 is 0 Å². The number of hydrogen-bond donors (Lipinski definition) is 1.